The number of hydrogen-bond acceptors (Lipinski definition) is 4. The van der Waals surface area contributed by atoms with Crippen molar-refractivity contribution in [2.45, 2.75) is 72.6 Å². The van der Waals surface area contributed by atoms with Gasteiger partial charge in [-0.3, -0.25) is 4.98 Å². The van der Waals surface area contributed by atoms with Crippen molar-refractivity contribution < 1.29 is 23.0 Å². The van der Waals surface area contributed by atoms with Gasteiger partial charge < -0.3 is 9.84 Å². The van der Waals surface area contributed by atoms with Crippen molar-refractivity contribution in [3.63, 3.8) is 0 Å². The van der Waals surface area contributed by atoms with Gasteiger partial charge in [-0.1, -0.05) is 32.1 Å². The van der Waals surface area contributed by atoms with Gasteiger partial charge in [0.2, 0.25) is 5.88 Å². The Morgan fingerprint density at radius 3 is 2.44 bits per heavy atom. The second-order valence-electron chi connectivity index (χ2n) is 9.70. The van der Waals surface area contributed by atoms with Crippen LogP contribution in [0.15, 0.2) is 12.1 Å². The molecule has 0 fully saturated rings. The van der Waals surface area contributed by atoms with Gasteiger partial charge in [0.1, 0.15) is 0 Å². The number of aryl methyl sites for hydroxylation is 2. The van der Waals surface area contributed by atoms with Crippen LogP contribution in [0.2, 0.25) is 0 Å². The number of methoxy groups -OCH3 is 1. The van der Waals surface area contributed by atoms with E-state index >= 15 is 0 Å². The van der Waals surface area contributed by atoms with Crippen LogP contribution < -0.4 is 15.3 Å². The van der Waals surface area contributed by atoms with E-state index in [2.05, 4.69) is 11.1 Å². The zero-order valence-electron chi connectivity index (χ0n) is 20.8. The summed E-state index contributed by atoms with van der Waals surface area (Å²) in [5.74, 6) is -0.867. The predicted octanol–water partition coefficient (Wildman–Crippen LogP) is 4.88. The molecule has 0 saturated heterocycles. The molecule has 4 atom stereocenters. The average Bonchev–Trinajstić information content (AvgIpc) is 2.77. The fourth-order valence-corrected chi connectivity index (χ4v) is 4.67. The molecule has 0 aromatic carbocycles. The maximum atomic E-state index is 12.9. The maximum absolute atomic E-state index is 12.9. The van der Waals surface area contributed by atoms with E-state index in [4.69, 9.17) is 9.72 Å². The fraction of sp³-hybridized carbons (Fsp3) is 0.556. The highest BCUT2D eigenvalue weighted by Gasteiger charge is 2.35. The Hall–Kier alpha value is -2.41. The monoisotopic (exact) mass is 476 g/mol. The van der Waals surface area contributed by atoms with Crippen LogP contribution in [0.1, 0.15) is 67.3 Å². The second kappa shape index (κ2) is 10.5. The van der Waals surface area contributed by atoms with Crippen molar-refractivity contribution in [2.24, 2.45) is 17.8 Å². The summed E-state index contributed by atoms with van der Waals surface area (Å²) in [4.78, 5) is 9.18. The van der Waals surface area contributed by atoms with Crippen molar-refractivity contribution in [3.05, 3.63) is 50.8 Å². The first kappa shape index (κ1) is 26.2. The minimum absolute atomic E-state index is 0.0486. The quantitative estimate of drug-likeness (QED) is 0.590. The van der Waals surface area contributed by atoms with Gasteiger partial charge in [-0.05, 0) is 69.2 Å². The minimum Gasteiger partial charge on any atom is -0.481 e. The van der Waals surface area contributed by atoms with Crippen molar-refractivity contribution in [1.82, 2.24) is 9.97 Å². The van der Waals surface area contributed by atoms with Crippen LogP contribution in [0, 0.1) is 38.5 Å². The second-order valence-corrected chi connectivity index (χ2v) is 9.70. The number of hydrogen-bond donors (Lipinski definition) is 1. The molecular formula is C27H35F3N2O2. The highest BCUT2D eigenvalue weighted by molar-refractivity contribution is 5.48. The summed E-state index contributed by atoms with van der Waals surface area (Å²) in [7, 11) is 1.57. The molecule has 7 heteroatoms. The number of pyridine rings is 2. The molecule has 1 aliphatic carbocycles. The molecule has 1 N–H and O–H groups in total. The highest BCUT2D eigenvalue weighted by atomic mass is 19.4. The Balaban J connectivity index is 1.89. The molecule has 34 heavy (non-hydrogen) atoms. The number of nitrogens with zero attached hydrogens (tertiary/aromatic N) is 2. The standard InChI is InChI=1S/C27H35F3N2O2/c1-15(7-8-16(2)27(28,29)30)13-23-18(4)22-14-20(10-12-24(22)32-26(23)34-6)25(33)21-11-9-17(3)31-19(21)5/h9,11-12,14-16,20,25,33H,7-8,10,13H2,1-6H3. The third-order valence-electron chi connectivity index (χ3n) is 6.96. The van der Waals surface area contributed by atoms with Crippen molar-refractivity contribution in [2.75, 3.05) is 7.11 Å². The van der Waals surface area contributed by atoms with Gasteiger partial charge in [0.25, 0.3) is 0 Å². The van der Waals surface area contributed by atoms with E-state index in [9.17, 15) is 18.3 Å². The third kappa shape index (κ3) is 5.80. The molecule has 0 amide bonds. The van der Waals surface area contributed by atoms with E-state index in [1.807, 2.05) is 45.9 Å². The number of ether oxygens (including phenoxy) is 1. The number of alkyl halides is 3. The van der Waals surface area contributed by atoms with Gasteiger partial charge in [0.15, 0.2) is 0 Å². The van der Waals surface area contributed by atoms with Crippen LogP contribution in [0.4, 0.5) is 13.2 Å². The zero-order chi connectivity index (χ0) is 25.2. The van der Waals surface area contributed by atoms with Crippen LogP contribution in [-0.4, -0.2) is 28.4 Å². The largest absolute Gasteiger partial charge is 0.481 e. The Labute approximate surface area is 199 Å². The Kier molecular flexibility index (Phi) is 8.06. The maximum Gasteiger partial charge on any atom is 0.391 e. The fourth-order valence-electron chi connectivity index (χ4n) is 4.67. The van der Waals surface area contributed by atoms with Gasteiger partial charge in [0.05, 0.1) is 24.5 Å². The van der Waals surface area contributed by atoms with E-state index < -0.39 is 18.2 Å². The van der Waals surface area contributed by atoms with Gasteiger partial charge in [0, 0.05) is 28.4 Å². The Morgan fingerprint density at radius 1 is 1.12 bits per heavy atom. The Morgan fingerprint density at radius 2 is 1.82 bits per heavy atom. The lowest BCUT2D eigenvalue weighted by Crippen LogP contribution is -2.37. The van der Waals surface area contributed by atoms with Crippen LogP contribution in [0.3, 0.4) is 0 Å². The van der Waals surface area contributed by atoms with Crippen LogP contribution in [-0.2, 0) is 6.42 Å². The molecule has 0 bridgehead atoms. The number of aliphatic hydroxyl groups excluding tert-OH is 1. The normalized spacial score (nSPS) is 18.4. The molecule has 2 aromatic heterocycles. The first-order chi connectivity index (χ1) is 15.9. The van der Waals surface area contributed by atoms with E-state index in [0.29, 0.717) is 25.1 Å². The molecule has 4 unspecified atom stereocenters. The van der Waals surface area contributed by atoms with Crippen LogP contribution >= 0.6 is 0 Å². The average molecular weight is 477 g/mol. The summed E-state index contributed by atoms with van der Waals surface area (Å²) in [6.45, 7) is 9.04. The molecule has 186 valence electrons. The summed E-state index contributed by atoms with van der Waals surface area (Å²) in [5, 5.41) is 12.9. The summed E-state index contributed by atoms with van der Waals surface area (Å²) < 4.78 is 44.3. The van der Waals surface area contributed by atoms with Crippen molar-refractivity contribution in [1.29, 1.82) is 0 Å². The third-order valence-corrected chi connectivity index (χ3v) is 6.96. The van der Waals surface area contributed by atoms with Gasteiger partial charge in [-0.2, -0.15) is 13.2 Å². The van der Waals surface area contributed by atoms with E-state index in [1.165, 1.54) is 6.92 Å². The molecule has 0 spiro atoms. The van der Waals surface area contributed by atoms with E-state index in [-0.39, 0.29) is 18.3 Å². The number of aromatic nitrogens is 2. The lowest BCUT2D eigenvalue weighted by molar-refractivity contribution is -0.171. The summed E-state index contributed by atoms with van der Waals surface area (Å²) in [5.41, 5.74) is 4.47. The molecule has 4 nitrogen and oxygen atoms in total. The van der Waals surface area contributed by atoms with Crippen LogP contribution in [0.5, 0.6) is 5.88 Å². The topological polar surface area (TPSA) is 55.2 Å². The molecule has 0 radical (unpaired) electrons. The summed E-state index contributed by atoms with van der Waals surface area (Å²) in [6.07, 6.45) is 1.04. The predicted molar refractivity (Wildman–Crippen MR) is 128 cm³/mol. The van der Waals surface area contributed by atoms with Crippen LogP contribution in [0.25, 0.3) is 12.2 Å². The lowest BCUT2D eigenvalue weighted by Gasteiger charge is -2.24. The molecule has 3 rings (SSSR count). The van der Waals surface area contributed by atoms with Crippen molar-refractivity contribution >= 4 is 12.2 Å². The lowest BCUT2D eigenvalue weighted by atomic mass is 9.86. The number of halogens is 3. The molecular weight excluding hydrogens is 441 g/mol. The molecule has 2 heterocycles. The molecule has 0 aliphatic heterocycles. The van der Waals surface area contributed by atoms with E-state index in [1.54, 1.807) is 7.11 Å². The highest BCUT2D eigenvalue weighted by Crippen LogP contribution is 2.32. The smallest absolute Gasteiger partial charge is 0.391 e. The summed E-state index contributed by atoms with van der Waals surface area (Å²) in [6, 6.07) is 3.84. The number of rotatable bonds is 8. The minimum atomic E-state index is -4.16. The SMILES string of the molecule is COc1nc2c(c(C)c1CC(C)CCC(C)C(F)(F)F)=CC(C(O)c1ccc(C)nc1C)CC=2. The number of fused-ring (bicyclic) bond motifs is 1. The molecule has 0 saturated carbocycles. The van der Waals surface area contributed by atoms with E-state index in [0.717, 1.165) is 38.6 Å². The first-order valence-electron chi connectivity index (χ1n) is 11.9. The van der Waals surface area contributed by atoms with Gasteiger partial charge in [-0.15, -0.1) is 0 Å². The van der Waals surface area contributed by atoms with Gasteiger partial charge >= 0.3 is 6.18 Å². The molecule has 1 aliphatic rings. The number of aliphatic hydroxyl groups is 1. The van der Waals surface area contributed by atoms with Gasteiger partial charge in [-0.25, -0.2) is 4.98 Å². The van der Waals surface area contributed by atoms with Crippen molar-refractivity contribution in [3.8, 4) is 5.88 Å². The zero-order valence-corrected chi connectivity index (χ0v) is 20.8. The molecule has 2 aromatic rings. The first-order valence-corrected chi connectivity index (χ1v) is 11.9. The summed E-state index contributed by atoms with van der Waals surface area (Å²) >= 11 is 0. The Bertz CT molecular complexity index is 1140.